The van der Waals surface area contributed by atoms with E-state index in [1.807, 2.05) is 60.7 Å². The van der Waals surface area contributed by atoms with Crippen molar-refractivity contribution in [2.45, 2.75) is 5.92 Å². The molecular formula is C19H14N4O4. The van der Waals surface area contributed by atoms with Gasteiger partial charge < -0.3 is 13.8 Å². The van der Waals surface area contributed by atoms with E-state index in [-0.39, 0.29) is 11.8 Å². The number of rotatable bonds is 5. The molecule has 0 N–H and O–H groups in total. The number of benzene rings is 2. The summed E-state index contributed by atoms with van der Waals surface area (Å²) in [6.07, 6.45) is 0. The maximum atomic E-state index is 12.3. The molecule has 4 rings (SSSR count). The van der Waals surface area contributed by atoms with Crippen molar-refractivity contribution < 1.29 is 18.6 Å². The maximum absolute atomic E-state index is 12.3. The average molecular weight is 362 g/mol. The van der Waals surface area contributed by atoms with E-state index in [4.69, 9.17) is 13.8 Å². The van der Waals surface area contributed by atoms with Crippen LogP contribution in [0.1, 0.15) is 17.7 Å². The van der Waals surface area contributed by atoms with Crippen LogP contribution in [-0.4, -0.2) is 33.4 Å². The molecule has 0 unspecified atom stereocenters. The summed E-state index contributed by atoms with van der Waals surface area (Å²) < 4.78 is 15.4. The second-order valence-electron chi connectivity index (χ2n) is 5.60. The summed E-state index contributed by atoms with van der Waals surface area (Å²) in [5.41, 5.74) is 1.51. The molecule has 0 radical (unpaired) electrons. The lowest BCUT2D eigenvalue weighted by Crippen LogP contribution is -2.16. The van der Waals surface area contributed by atoms with E-state index in [2.05, 4.69) is 20.3 Å². The van der Waals surface area contributed by atoms with Gasteiger partial charge in [0.05, 0.1) is 7.11 Å². The summed E-state index contributed by atoms with van der Waals surface area (Å²) in [6.45, 7) is 0. The zero-order valence-electron chi connectivity index (χ0n) is 14.3. The minimum Gasteiger partial charge on any atom is -0.468 e. The smallest absolute Gasteiger partial charge is 0.327 e. The van der Waals surface area contributed by atoms with E-state index in [9.17, 15) is 4.79 Å². The molecule has 134 valence electrons. The predicted octanol–water partition coefficient (Wildman–Crippen LogP) is 3.09. The zero-order valence-corrected chi connectivity index (χ0v) is 14.3. The highest BCUT2D eigenvalue weighted by Crippen LogP contribution is 2.27. The lowest BCUT2D eigenvalue weighted by atomic mass is 10.1. The first-order valence-electron chi connectivity index (χ1n) is 8.12. The molecule has 0 atom stereocenters. The van der Waals surface area contributed by atoms with Crippen LogP contribution in [0, 0.1) is 0 Å². The van der Waals surface area contributed by atoms with E-state index in [1.54, 1.807) is 0 Å². The van der Waals surface area contributed by atoms with Crippen molar-refractivity contribution in [3.63, 3.8) is 0 Å². The molecule has 0 spiro atoms. The van der Waals surface area contributed by atoms with Crippen molar-refractivity contribution in [2.75, 3.05) is 7.11 Å². The number of nitrogens with zero attached hydrogens (tertiary/aromatic N) is 4. The van der Waals surface area contributed by atoms with Crippen LogP contribution in [0.5, 0.6) is 0 Å². The molecule has 0 aliphatic carbocycles. The molecule has 0 aliphatic heterocycles. The van der Waals surface area contributed by atoms with Gasteiger partial charge in [-0.25, -0.2) is 0 Å². The van der Waals surface area contributed by atoms with Crippen molar-refractivity contribution in [3.8, 4) is 22.8 Å². The standard InChI is InChI=1S/C19H14N4O4/c1-25-19(24)14(17-20-15(22-26-17)12-8-4-2-5-9-12)18-21-16(23-27-18)13-10-6-3-7-11-13/h2-11,14H,1H3. The molecule has 2 aromatic carbocycles. The van der Waals surface area contributed by atoms with Crippen molar-refractivity contribution in [2.24, 2.45) is 0 Å². The Kier molecular flexibility index (Phi) is 4.44. The van der Waals surface area contributed by atoms with Crippen molar-refractivity contribution >= 4 is 5.97 Å². The van der Waals surface area contributed by atoms with Crippen LogP contribution in [0.3, 0.4) is 0 Å². The van der Waals surface area contributed by atoms with Gasteiger partial charge in [-0.15, -0.1) is 0 Å². The summed E-state index contributed by atoms with van der Waals surface area (Å²) in [5, 5.41) is 7.86. The fraction of sp³-hybridized carbons (Fsp3) is 0.105. The molecule has 0 bridgehead atoms. The maximum Gasteiger partial charge on any atom is 0.327 e. The Hall–Kier alpha value is -3.81. The van der Waals surface area contributed by atoms with Gasteiger partial charge in [0.15, 0.2) is 0 Å². The molecule has 2 aromatic heterocycles. The molecule has 0 saturated heterocycles. The highest BCUT2D eigenvalue weighted by Gasteiger charge is 2.35. The fourth-order valence-corrected chi connectivity index (χ4v) is 2.54. The number of hydrogen-bond donors (Lipinski definition) is 0. The van der Waals surface area contributed by atoms with Crippen molar-refractivity contribution in [1.82, 2.24) is 20.3 Å². The van der Waals surface area contributed by atoms with Crippen LogP contribution in [0.25, 0.3) is 22.8 Å². The zero-order chi connectivity index (χ0) is 18.6. The first-order chi connectivity index (χ1) is 13.3. The van der Waals surface area contributed by atoms with Gasteiger partial charge in [-0.1, -0.05) is 71.0 Å². The molecule has 0 aliphatic rings. The van der Waals surface area contributed by atoms with Crippen LogP contribution in [-0.2, 0) is 9.53 Å². The van der Waals surface area contributed by atoms with E-state index in [1.165, 1.54) is 7.11 Å². The molecular weight excluding hydrogens is 348 g/mol. The van der Waals surface area contributed by atoms with E-state index in [0.717, 1.165) is 11.1 Å². The van der Waals surface area contributed by atoms with Crippen LogP contribution in [0.2, 0.25) is 0 Å². The minimum atomic E-state index is -1.11. The average Bonchev–Trinajstić information content (AvgIpc) is 3.40. The summed E-state index contributed by atoms with van der Waals surface area (Å²) in [4.78, 5) is 20.9. The van der Waals surface area contributed by atoms with Crippen LogP contribution >= 0.6 is 0 Å². The highest BCUT2D eigenvalue weighted by atomic mass is 16.5. The largest absolute Gasteiger partial charge is 0.468 e. The number of hydrogen-bond acceptors (Lipinski definition) is 8. The summed E-state index contributed by atoms with van der Waals surface area (Å²) in [6, 6.07) is 18.5. The summed E-state index contributed by atoms with van der Waals surface area (Å²) in [5.74, 6) is -1.01. The molecule has 8 heteroatoms. The predicted molar refractivity (Wildman–Crippen MR) is 93.3 cm³/mol. The summed E-state index contributed by atoms with van der Waals surface area (Å²) in [7, 11) is 1.26. The van der Waals surface area contributed by atoms with Crippen molar-refractivity contribution in [1.29, 1.82) is 0 Å². The lowest BCUT2D eigenvalue weighted by molar-refractivity contribution is -0.142. The fourth-order valence-electron chi connectivity index (χ4n) is 2.54. The first kappa shape index (κ1) is 16.6. The Balaban J connectivity index is 1.70. The highest BCUT2D eigenvalue weighted by molar-refractivity contribution is 5.79. The Morgan fingerprint density at radius 2 is 1.26 bits per heavy atom. The molecule has 0 fully saturated rings. The number of carbonyl (C=O) groups excluding carboxylic acids is 1. The third-order valence-corrected chi connectivity index (χ3v) is 3.88. The number of esters is 1. The second kappa shape index (κ2) is 7.20. The quantitative estimate of drug-likeness (QED) is 0.499. The van der Waals surface area contributed by atoms with Crippen molar-refractivity contribution in [3.05, 3.63) is 72.4 Å². The Labute approximate surface area is 153 Å². The summed E-state index contributed by atoms with van der Waals surface area (Å²) >= 11 is 0. The topological polar surface area (TPSA) is 104 Å². The third-order valence-electron chi connectivity index (χ3n) is 3.88. The van der Waals surface area contributed by atoms with Gasteiger partial charge in [0, 0.05) is 11.1 Å². The Morgan fingerprint density at radius 1 is 0.815 bits per heavy atom. The van der Waals surface area contributed by atoms with Gasteiger partial charge >= 0.3 is 5.97 Å². The van der Waals surface area contributed by atoms with Gasteiger partial charge in [0.2, 0.25) is 17.6 Å². The van der Waals surface area contributed by atoms with Gasteiger partial charge in [-0.05, 0) is 0 Å². The third kappa shape index (κ3) is 3.32. The van der Waals surface area contributed by atoms with Crippen LogP contribution in [0.15, 0.2) is 69.7 Å². The van der Waals surface area contributed by atoms with E-state index in [0.29, 0.717) is 11.6 Å². The number of methoxy groups -OCH3 is 1. The molecule has 0 saturated carbocycles. The monoisotopic (exact) mass is 362 g/mol. The molecule has 0 amide bonds. The molecule has 4 aromatic rings. The van der Waals surface area contributed by atoms with Gasteiger partial charge in [-0.3, -0.25) is 4.79 Å². The van der Waals surface area contributed by atoms with Gasteiger partial charge in [0.1, 0.15) is 0 Å². The SMILES string of the molecule is COC(=O)C(c1nc(-c2ccccc2)no1)c1nc(-c2ccccc2)no1. The molecule has 27 heavy (non-hydrogen) atoms. The lowest BCUT2D eigenvalue weighted by Gasteiger charge is -2.04. The molecule has 8 nitrogen and oxygen atoms in total. The van der Waals surface area contributed by atoms with Crippen LogP contribution in [0.4, 0.5) is 0 Å². The van der Waals surface area contributed by atoms with Crippen LogP contribution < -0.4 is 0 Å². The van der Waals surface area contributed by atoms with E-state index >= 15 is 0 Å². The number of aromatic nitrogens is 4. The van der Waals surface area contributed by atoms with Gasteiger partial charge in [0.25, 0.3) is 11.8 Å². The number of carbonyl (C=O) groups is 1. The first-order valence-corrected chi connectivity index (χ1v) is 8.12. The Bertz CT molecular complexity index is 966. The Morgan fingerprint density at radius 3 is 1.67 bits per heavy atom. The van der Waals surface area contributed by atoms with E-state index < -0.39 is 11.9 Å². The normalized spacial score (nSPS) is 10.9. The molecule has 2 heterocycles. The number of ether oxygens (including phenoxy) is 1. The minimum absolute atomic E-state index is 0.0176. The second-order valence-corrected chi connectivity index (χ2v) is 5.60. The van der Waals surface area contributed by atoms with Gasteiger partial charge in [-0.2, -0.15) is 9.97 Å².